The van der Waals surface area contributed by atoms with E-state index in [1.54, 1.807) is 0 Å². The molecule has 0 aliphatic heterocycles. The summed E-state index contributed by atoms with van der Waals surface area (Å²) in [5.74, 6) is 0.731. The molecule has 4 heteroatoms. The third-order valence-electron chi connectivity index (χ3n) is 4.00. The lowest BCUT2D eigenvalue weighted by Crippen LogP contribution is -2.49. The summed E-state index contributed by atoms with van der Waals surface area (Å²) in [5, 5.41) is 6.18. The molecule has 0 aromatic carbocycles. The second kappa shape index (κ2) is 5.80. The van der Waals surface area contributed by atoms with E-state index in [4.69, 9.17) is 12.2 Å². The van der Waals surface area contributed by atoms with Crippen LogP contribution in [0, 0.1) is 5.92 Å². The van der Waals surface area contributed by atoms with Crippen LogP contribution < -0.4 is 10.6 Å². The third-order valence-corrected chi connectivity index (χ3v) is 4.30. The maximum absolute atomic E-state index is 11.9. The molecule has 0 aromatic heterocycles. The highest BCUT2D eigenvalue weighted by atomic mass is 32.1. The molecule has 0 bridgehead atoms. The van der Waals surface area contributed by atoms with Gasteiger partial charge in [0.1, 0.15) is 0 Å². The van der Waals surface area contributed by atoms with E-state index in [0.29, 0.717) is 17.1 Å². The third kappa shape index (κ3) is 3.66. The van der Waals surface area contributed by atoms with Crippen LogP contribution >= 0.6 is 12.2 Å². The van der Waals surface area contributed by atoms with Gasteiger partial charge in [0.25, 0.3) is 5.91 Å². The first kappa shape index (κ1) is 12.8. The summed E-state index contributed by atoms with van der Waals surface area (Å²) in [6.45, 7) is 2.28. The molecule has 2 rings (SSSR count). The van der Waals surface area contributed by atoms with Gasteiger partial charge in [-0.05, 0) is 50.9 Å². The zero-order valence-corrected chi connectivity index (χ0v) is 11.3. The molecule has 0 heterocycles. The van der Waals surface area contributed by atoms with Gasteiger partial charge in [0, 0.05) is 12.1 Å². The smallest absolute Gasteiger partial charge is 0.278 e. The standard InChI is InChI=1S/C13H22N2OS/c1-9-5-7-11(8-6-9)14-12(16)13(17)15-10-3-2-4-10/h9-11H,2-8H2,1H3,(H,14,16)(H,15,17). The minimum Gasteiger partial charge on any atom is -0.369 e. The number of carbonyl (C=O) groups is 1. The van der Waals surface area contributed by atoms with E-state index in [0.717, 1.165) is 31.6 Å². The zero-order chi connectivity index (χ0) is 12.3. The van der Waals surface area contributed by atoms with Crippen LogP contribution in [0.15, 0.2) is 0 Å². The van der Waals surface area contributed by atoms with Crippen LogP contribution in [0.25, 0.3) is 0 Å². The number of hydrogen-bond donors (Lipinski definition) is 2. The summed E-state index contributed by atoms with van der Waals surface area (Å²) in [6, 6.07) is 0.777. The quantitative estimate of drug-likeness (QED) is 0.742. The van der Waals surface area contributed by atoms with Crippen LogP contribution in [-0.2, 0) is 4.79 Å². The summed E-state index contributed by atoms with van der Waals surface area (Å²) in [4.78, 5) is 12.2. The molecule has 2 aliphatic rings. The summed E-state index contributed by atoms with van der Waals surface area (Å²) in [7, 11) is 0. The van der Waals surface area contributed by atoms with Crippen LogP contribution in [0.1, 0.15) is 51.9 Å². The Labute approximate surface area is 109 Å². The highest BCUT2D eigenvalue weighted by Gasteiger charge is 2.24. The van der Waals surface area contributed by atoms with Crippen LogP contribution in [0.3, 0.4) is 0 Å². The Kier molecular flexibility index (Phi) is 4.37. The molecule has 1 amide bonds. The monoisotopic (exact) mass is 254 g/mol. The lowest BCUT2D eigenvalue weighted by atomic mass is 9.87. The average molecular weight is 254 g/mol. The first-order valence-corrected chi connectivity index (χ1v) is 7.17. The van der Waals surface area contributed by atoms with E-state index in [9.17, 15) is 4.79 Å². The van der Waals surface area contributed by atoms with Gasteiger partial charge in [0.15, 0.2) is 4.99 Å². The molecule has 0 saturated heterocycles. The molecular formula is C13H22N2OS. The van der Waals surface area contributed by atoms with Crippen molar-refractivity contribution in [2.75, 3.05) is 0 Å². The SMILES string of the molecule is CC1CCC(NC(=O)C(=S)NC2CCC2)CC1. The fourth-order valence-electron chi connectivity index (χ4n) is 2.46. The van der Waals surface area contributed by atoms with E-state index < -0.39 is 0 Å². The molecule has 0 aromatic rings. The normalized spacial score (nSPS) is 29.2. The molecule has 0 spiro atoms. The van der Waals surface area contributed by atoms with Gasteiger partial charge in [-0.2, -0.15) is 0 Å². The molecule has 0 unspecified atom stereocenters. The highest BCUT2D eigenvalue weighted by Crippen LogP contribution is 2.23. The Hall–Kier alpha value is -0.640. The minimum atomic E-state index is -0.0774. The Morgan fingerprint density at radius 3 is 2.12 bits per heavy atom. The molecule has 0 radical (unpaired) electrons. The fourth-order valence-corrected chi connectivity index (χ4v) is 2.68. The maximum atomic E-state index is 11.9. The Morgan fingerprint density at radius 1 is 1.00 bits per heavy atom. The summed E-state index contributed by atoms with van der Waals surface area (Å²) < 4.78 is 0. The summed E-state index contributed by atoms with van der Waals surface area (Å²) in [5.41, 5.74) is 0. The lowest BCUT2D eigenvalue weighted by molar-refractivity contribution is -0.115. The topological polar surface area (TPSA) is 41.1 Å². The molecule has 0 atom stereocenters. The molecule has 17 heavy (non-hydrogen) atoms. The van der Waals surface area contributed by atoms with Gasteiger partial charge in [-0.1, -0.05) is 19.1 Å². The zero-order valence-electron chi connectivity index (χ0n) is 10.5. The van der Waals surface area contributed by atoms with Crippen molar-refractivity contribution in [3.8, 4) is 0 Å². The number of hydrogen-bond acceptors (Lipinski definition) is 2. The predicted octanol–water partition coefficient (Wildman–Crippen LogP) is 2.15. The molecule has 2 aliphatic carbocycles. The second-order valence-corrected chi connectivity index (χ2v) is 5.94. The average Bonchev–Trinajstić information content (AvgIpc) is 2.26. The first-order valence-electron chi connectivity index (χ1n) is 6.76. The van der Waals surface area contributed by atoms with Crippen LogP contribution in [-0.4, -0.2) is 23.0 Å². The number of carbonyl (C=O) groups excluding carboxylic acids is 1. The van der Waals surface area contributed by atoms with E-state index in [2.05, 4.69) is 17.6 Å². The Balaban J connectivity index is 1.70. The largest absolute Gasteiger partial charge is 0.369 e. The number of rotatable bonds is 2. The minimum absolute atomic E-state index is 0.0774. The maximum Gasteiger partial charge on any atom is 0.278 e. The first-order chi connectivity index (χ1) is 8.15. The number of nitrogens with one attached hydrogen (secondary N) is 2. The molecule has 2 fully saturated rings. The van der Waals surface area contributed by atoms with Gasteiger partial charge < -0.3 is 10.6 Å². The second-order valence-electron chi connectivity index (χ2n) is 5.53. The van der Waals surface area contributed by atoms with Crippen molar-refractivity contribution < 1.29 is 4.79 Å². The van der Waals surface area contributed by atoms with Crippen LogP contribution in [0.5, 0.6) is 0 Å². The van der Waals surface area contributed by atoms with E-state index in [1.807, 2.05) is 0 Å². The van der Waals surface area contributed by atoms with Crippen molar-refractivity contribution in [3.05, 3.63) is 0 Å². The Morgan fingerprint density at radius 2 is 1.59 bits per heavy atom. The highest BCUT2D eigenvalue weighted by molar-refractivity contribution is 7.82. The van der Waals surface area contributed by atoms with Gasteiger partial charge in [-0.15, -0.1) is 0 Å². The van der Waals surface area contributed by atoms with E-state index in [-0.39, 0.29) is 5.91 Å². The van der Waals surface area contributed by atoms with E-state index >= 15 is 0 Å². The van der Waals surface area contributed by atoms with Gasteiger partial charge in [-0.25, -0.2) is 0 Å². The van der Waals surface area contributed by atoms with Crippen molar-refractivity contribution in [1.29, 1.82) is 0 Å². The number of amides is 1. The Bertz CT molecular complexity index is 294. The predicted molar refractivity (Wildman–Crippen MR) is 72.9 cm³/mol. The summed E-state index contributed by atoms with van der Waals surface area (Å²) >= 11 is 5.12. The van der Waals surface area contributed by atoms with Gasteiger partial charge in [0.05, 0.1) is 0 Å². The van der Waals surface area contributed by atoms with Crippen molar-refractivity contribution in [2.45, 2.75) is 64.0 Å². The van der Waals surface area contributed by atoms with Gasteiger partial charge >= 0.3 is 0 Å². The lowest BCUT2D eigenvalue weighted by Gasteiger charge is -2.29. The van der Waals surface area contributed by atoms with Gasteiger partial charge in [0.2, 0.25) is 0 Å². The van der Waals surface area contributed by atoms with Crippen LogP contribution in [0.4, 0.5) is 0 Å². The van der Waals surface area contributed by atoms with Crippen molar-refractivity contribution in [1.82, 2.24) is 10.6 Å². The molecular weight excluding hydrogens is 232 g/mol. The number of thiocarbonyl (C=S) groups is 1. The molecule has 3 nitrogen and oxygen atoms in total. The molecule has 2 N–H and O–H groups in total. The van der Waals surface area contributed by atoms with Crippen molar-refractivity contribution in [2.24, 2.45) is 5.92 Å². The molecule has 2 saturated carbocycles. The summed E-state index contributed by atoms with van der Waals surface area (Å²) in [6.07, 6.45) is 8.17. The van der Waals surface area contributed by atoms with Crippen molar-refractivity contribution >= 4 is 23.1 Å². The van der Waals surface area contributed by atoms with Crippen molar-refractivity contribution in [3.63, 3.8) is 0 Å². The fraction of sp³-hybridized carbons (Fsp3) is 0.846. The van der Waals surface area contributed by atoms with Crippen LogP contribution in [0.2, 0.25) is 0 Å². The molecule has 96 valence electrons. The van der Waals surface area contributed by atoms with E-state index in [1.165, 1.54) is 19.3 Å². The van der Waals surface area contributed by atoms with Gasteiger partial charge in [-0.3, -0.25) is 4.79 Å².